The summed E-state index contributed by atoms with van der Waals surface area (Å²) in [4.78, 5) is 18.4. The second-order valence-electron chi connectivity index (χ2n) is 7.57. The van der Waals surface area contributed by atoms with Crippen molar-refractivity contribution in [1.82, 2.24) is 14.5 Å². The molecule has 1 fully saturated rings. The van der Waals surface area contributed by atoms with Crippen LogP contribution in [0.25, 0.3) is 28.5 Å². The highest BCUT2D eigenvalue weighted by Gasteiger charge is 2.24. The number of allylic oxidation sites excluding steroid dienone is 1. The number of hydrogen-bond acceptors (Lipinski definition) is 3. The molecule has 28 heavy (non-hydrogen) atoms. The number of likely N-dealkylation sites (N-methyl/N-ethyl adjacent to an activating group) is 1. The van der Waals surface area contributed by atoms with E-state index >= 15 is 0 Å². The van der Waals surface area contributed by atoms with Crippen LogP contribution in [0.5, 0.6) is 0 Å². The fourth-order valence-corrected chi connectivity index (χ4v) is 3.99. The number of ketones is 1. The molecule has 2 aromatic carbocycles. The number of aromatic nitrogens is 2. The van der Waals surface area contributed by atoms with Crippen molar-refractivity contribution in [3.63, 3.8) is 0 Å². The molecule has 0 N–H and O–H groups in total. The summed E-state index contributed by atoms with van der Waals surface area (Å²) < 4.78 is 16.1. The molecule has 4 nitrogen and oxygen atoms in total. The van der Waals surface area contributed by atoms with Crippen LogP contribution in [0.1, 0.15) is 31.4 Å². The molecule has 3 aromatic rings. The lowest BCUT2D eigenvalue weighted by atomic mass is 10.0. The standard InChI is InChI=1S/C23H24FN3O/c1-16(28)8-9-17-5-3-6-18(13-17)23-25-21-14-19(24)10-11-22(21)27(23)20-7-4-12-26(2)15-20/h3,5-6,8-11,13-14,20H,4,7,12,15H2,1-2H3/b9-8+. The van der Waals surface area contributed by atoms with Gasteiger partial charge >= 0.3 is 0 Å². The molecule has 1 aliphatic heterocycles. The molecule has 1 unspecified atom stereocenters. The minimum absolute atomic E-state index is 0.0124. The summed E-state index contributed by atoms with van der Waals surface area (Å²) in [5.74, 6) is 0.583. The molecular weight excluding hydrogens is 353 g/mol. The second kappa shape index (κ2) is 7.68. The Labute approximate surface area is 164 Å². The van der Waals surface area contributed by atoms with Crippen molar-refractivity contribution in [2.75, 3.05) is 20.1 Å². The lowest BCUT2D eigenvalue weighted by molar-refractivity contribution is -0.112. The van der Waals surface area contributed by atoms with Gasteiger partial charge in [-0.15, -0.1) is 0 Å². The van der Waals surface area contributed by atoms with Gasteiger partial charge in [0.15, 0.2) is 5.78 Å². The predicted molar refractivity (Wildman–Crippen MR) is 111 cm³/mol. The van der Waals surface area contributed by atoms with Crippen LogP contribution < -0.4 is 0 Å². The molecule has 1 aromatic heterocycles. The Bertz CT molecular complexity index is 1050. The van der Waals surface area contributed by atoms with Crippen LogP contribution >= 0.6 is 0 Å². The number of carbonyl (C=O) groups excluding carboxylic acids is 1. The summed E-state index contributed by atoms with van der Waals surface area (Å²) in [5.41, 5.74) is 3.54. The largest absolute Gasteiger partial charge is 0.320 e. The molecule has 2 heterocycles. The van der Waals surface area contributed by atoms with Crippen LogP contribution in [0.4, 0.5) is 4.39 Å². The van der Waals surface area contributed by atoms with E-state index in [-0.39, 0.29) is 11.6 Å². The Morgan fingerprint density at radius 3 is 2.89 bits per heavy atom. The van der Waals surface area contributed by atoms with Gasteiger partial charge in [-0.3, -0.25) is 4.79 Å². The van der Waals surface area contributed by atoms with E-state index in [1.807, 2.05) is 36.4 Å². The molecular formula is C23H24FN3O. The molecule has 0 radical (unpaired) electrons. The van der Waals surface area contributed by atoms with Gasteiger partial charge in [0, 0.05) is 24.2 Å². The lowest BCUT2D eigenvalue weighted by Crippen LogP contribution is -2.33. The quantitative estimate of drug-likeness (QED) is 0.618. The number of rotatable bonds is 4. The third-order valence-electron chi connectivity index (χ3n) is 5.27. The first kappa shape index (κ1) is 18.6. The van der Waals surface area contributed by atoms with Crippen molar-refractivity contribution in [2.45, 2.75) is 25.8 Å². The summed E-state index contributed by atoms with van der Waals surface area (Å²) in [6.45, 7) is 3.58. The zero-order chi connectivity index (χ0) is 19.7. The minimum atomic E-state index is -0.275. The summed E-state index contributed by atoms with van der Waals surface area (Å²) >= 11 is 0. The molecule has 4 rings (SSSR count). The summed E-state index contributed by atoms with van der Waals surface area (Å²) in [7, 11) is 2.14. The third-order valence-corrected chi connectivity index (χ3v) is 5.27. The predicted octanol–water partition coefficient (Wildman–Crippen LogP) is 4.71. The van der Waals surface area contributed by atoms with Gasteiger partial charge in [0.1, 0.15) is 11.6 Å². The van der Waals surface area contributed by atoms with Gasteiger partial charge < -0.3 is 9.47 Å². The number of piperidine rings is 1. The zero-order valence-electron chi connectivity index (χ0n) is 16.2. The van der Waals surface area contributed by atoms with Crippen molar-refractivity contribution in [2.24, 2.45) is 0 Å². The van der Waals surface area contributed by atoms with E-state index in [4.69, 9.17) is 4.98 Å². The van der Waals surface area contributed by atoms with E-state index in [2.05, 4.69) is 16.5 Å². The summed E-state index contributed by atoms with van der Waals surface area (Å²) in [6.07, 6.45) is 5.58. The van der Waals surface area contributed by atoms with Crippen LogP contribution in [0.3, 0.4) is 0 Å². The van der Waals surface area contributed by atoms with Crippen molar-refractivity contribution in [1.29, 1.82) is 0 Å². The van der Waals surface area contributed by atoms with Crippen LogP contribution in [-0.2, 0) is 4.79 Å². The minimum Gasteiger partial charge on any atom is -0.320 e. The average molecular weight is 377 g/mol. The Morgan fingerprint density at radius 1 is 1.25 bits per heavy atom. The molecule has 0 saturated carbocycles. The molecule has 1 atom stereocenters. The van der Waals surface area contributed by atoms with Gasteiger partial charge in [-0.25, -0.2) is 9.37 Å². The lowest BCUT2D eigenvalue weighted by Gasteiger charge is -2.32. The molecule has 0 amide bonds. The van der Waals surface area contributed by atoms with Gasteiger partial charge in [-0.05, 0) is 63.2 Å². The first-order valence-electron chi connectivity index (χ1n) is 9.66. The van der Waals surface area contributed by atoms with Crippen molar-refractivity contribution >= 4 is 22.9 Å². The maximum Gasteiger partial charge on any atom is 0.152 e. The number of imidazole rings is 1. The van der Waals surface area contributed by atoms with Gasteiger partial charge in [0.2, 0.25) is 0 Å². The van der Waals surface area contributed by atoms with Crippen molar-refractivity contribution < 1.29 is 9.18 Å². The highest BCUT2D eigenvalue weighted by atomic mass is 19.1. The van der Waals surface area contributed by atoms with E-state index in [1.165, 1.54) is 19.1 Å². The Kier molecular flexibility index (Phi) is 5.09. The van der Waals surface area contributed by atoms with Gasteiger partial charge in [-0.2, -0.15) is 0 Å². The zero-order valence-corrected chi connectivity index (χ0v) is 16.2. The van der Waals surface area contributed by atoms with Crippen LogP contribution in [0.15, 0.2) is 48.5 Å². The fourth-order valence-electron chi connectivity index (χ4n) is 3.99. The molecule has 5 heteroatoms. The van der Waals surface area contributed by atoms with E-state index < -0.39 is 0 Å². The van der Waals surface area contributed by atoms with Crippen molar-refractivity contribution in [3.05, 3.63) is 59.9 Å². The molecule has 0 bridgehead atoms. The van der Waals surface area contributed by atoms with Crippen LogP contribution in [0, 0.1) is 5.82 Å². The van der Waals surface area contributed by atoms with Gasteiger partial charge in [0.05, 0.1) is 11.0 Å². The third kappa shape index (κ3) is 3.76. The number of halogens is 1. The fraction of sp³-hybridized carbons (Fsp3) is 0.304. The first-order valence-corrected chi connectivity index (χ1v) is 9.66. The van der Waals surface area contributed by atoms with Gasteiger partial charge in [0.25, 0.3) is 0 Å². The second-order valence-corrected chi connectivity index (χ2v) is 7.57. The van der Waals surface area contributed by atoms with Crippen LogP contribution in [-0.4, -0.2) is 40.4 Å². The van der Waals surface area contributed by atoms with E-state index in [0.29, 0.717) is 11.6 Å². The Morgan fingerprint density at radius 2 is 2.11 bits per heavy atom. The molecule has 0 spiro atoms. The van der Waals surface area contributed by atoms with E-state index in [1.54, 1.807) is 6.08 Å². The Balaban J connectivity index is 1.85. The summed E-state index contributed by atoms with van der Waals surface area (Å²) in [6, 6.07) is 13.1. The smallest absolute Gasteiger partial charge is 0.152 e. The maximum absolute atomic E-state index is 13.8. The SMILES string of the molecule is CC(=O)/C=C/c1cccc(-c2nc3cc(F)ccc3n2C2CCCN(C)C2)c1. The number of carbonyl (C=O) groups is 1. The van der Waals surface area contributed by atoms with E-state index in [0.717, 1.165) is 48.4 Å². The maximum atomic E-state index is 13.8. The monoisotopic (exact) mass is 377 g/mol. The normalized spacial score (nSPS) is 18.2. The van der Waals surface area contributed by atoms with Crippen molar-refractivity contribution in [3.8, 4) is 11.4 Å². The number of likely N-dealkylation sites (tertiary alicyclic amines) is 1. The van der Waals surface area contributed by atoms with Crippen LogP contribution in [0.2, 0.25) is 0 Å². The number of nitrogens with zero attached hydrogens (tertiary/aromatic N) is 3. The van der Waals surface area contributed by atoms with E-state index in [9.17, 15) is 9.18 Å². The first-order chi connectivity index (χ1) is 13.5. The summed E-state index contributed by atoms with van der Waals surface area (Å²) in [5, 5.41) is 0. The number of benzene rings is 2. The highest BCUT2D eigenvalue weighted by Crippen LogP contribution is 2.33. The molecule has 144 valence electrons. The topological polar surface area (TPSA) is 38.1 Å². The number of hydrogen-bond donors (Lipinski definition) is 0. The molecule has 1 saturated heterocycles. The Hall–Kier alpha value is -2.79. The average Bonchev–Trinajstić information content (AvgIpc) is 3.05. The molecule has 0 aliphatic carbocycles. The van der Waals surface area contributed by atoms with Gasteiger partial charge in [-0.1, -0.05) is 24.3 Å². The highest BCUT2D eigenvalue weighted by molar-refractivity contribution is 5.91. The number of fused-ring (bicyclic) bond motifs is 1. The molecule has 1 aliphatic rings.